The van der Waals surface area contributed by atoms with Gasteiger partial charge < -0.3 is 15.8 Å². The summed E-state index contributed by atoms with van der Waals surface area (Å²) in [5, 5.41) is 2.75. The van der Waals surface area contributed by atoms with Crippen molar-refractivity contribution < 1.29 is 9.53 Å². The van der Waals surface area contributed by atoms with Crippen LogP contribution in [0.5, 0.6) is 0 Å². The molecule has 0 aliphatic rings. The summed E-state index contributed by atoms with van der Waals surface area (Å²) in [6, 6.07) is 0. The number of nitrogens with one attached hydrogen (secondary N) is 1. The Morgan fingerprint density at radius 1 is 1.44 bits per heavy atom. The van der Waals surface area contributed by atoms with E-state index in [-0.39, 0.29) is 10.9 Å². The zero-order valence-corrected chi connectivity index (χ0v) is 11.2. The molecule has 0 saturated heterocycles. The van der Waals surface area contributed by atoms with Gasteiger partial charge in [-0.25, -0.2) is 0 Å². The Kier molecular flexibility index (Phi) is 7.25. The minimum atomic E-state index is -0.793. The Morgan fingerprint density at radius 2 is 2.06 bits per heavy atom. The number of amides is 1. The first-order valence-corrected chi connectivity index (χ1v) is 5.99. The number of ether oxygens (including phenoxy) is 1. The smallest absolute Gasteiger partial charge is 0.232 e. The minimum Gasteiger partial charge on any atom is -0.392 e. The monoisotopic (exact) mass is 246 g/mol. The predicted molar refractivity (Wildman–Crippen MR) is 69.3 cm³/mol. The van der Waals surface area contributed by atoms with Crippen LogP contribution in [0.15, 0.2) is 0 Å². The topological polar surface area (TPSA) is 64.3 Å². The third kappa shape index (κ3) is 5.42. The molecule has 0 aliphatic carbocycles. The van der Waals surface area contributed by atoms with Crippen LogP contribution in [-0.4, -0.2) is 30.7 Å². The third-order valence-electron chi connectivity index (χ3n) is 2.36. The van der Waals surface area contributed by atoms with Crippen molar-refractivity contribution in [3.8, 4) is 0 Å². The second kappa shape index (κ2) is 7.57. The highest BCUT2D eigenvalue weighted by atomic mass is 32.1. The van der Waals surface area contributed by atoms with Gasteiger partial charge in [-0.3, -0.25) is 4.79 Å². The van der Waals surface area contributed by atoms with Crippen molar-refractivity contribution in [1.82, 2.24) is 5.32 Å². The molecule has 0 aliphatic heterocycles. The second-order valence-electron chi connectivity index (χ2n) is 4.21. The fourth-order valence-corrected chi connectivity index (χ4v) is 1.01. The zero-order chi connectivity index (χ0) is 12.6. The van der Waals surface area contributed by atoms with Gasteiger partial charge in [0.2, 0.25) is 5.91 Å². The van der Waals surface area contributed by atoms with Crippen molar-refractivity contribution in [3.05, 3.63) is 0 Å². The average Bonchev–Trinajstić information content (AvgIpc) is 2.22. The number of carbonyl (C=O) groups excluding carboxylic acids is 1. The first-order valence-electron chi connectivity index (χ1n) is 5.58. The van der Waals surface area contributed by atoms with Gasteiger partial charge in [0, 0.05) is 13.2 Å². The Balaban J connectivity index is 3.70. The molecule has 0 radical (unpaired) electrons. The highest BCUT2D eigenvalue weighted by Gasteiger charge is 2.30. The van der Waals surface area contributed by atoms with Gasteiger partial charge in [0.05, 0.1) is 17.0 Å². The van der Waals surface area contributed by atoms with Gasteiger partial charge in [-0.2, -0.15) is 0 Å². The molecule has 0 aromatic heterocycles. The van der Waals surface area contributed by atoms with E-state index in [9.17, 15) is 4.79 Å². The van der Waals surface area contributed by atoms with Crippen molar-refractivity contribution in [2.45, 2.75) is 33.6 Å². The molecule has 94 valence electrons. The van der Waals surface area contributed by atoms with Crippen molar-refractivity contribution in [2.24, 2.45) is 11.1 Å². The Hall–Kier alpha value is -0.680. The zero-order valence-electron chi connectivity index (χ0n) is 10.3. The van der Waals surface area contributed by atoms with Gasteiger partial charge in [0.1, 0.15) is 0 Å². The lowest BCUT2D eigenvalue weighted by molar-refractivity contribution is -0.126. The fraction of sp³-hybridized carbons (Fsp3) is 0.818. The van der Waals surface area contributed by atoms with Crippen molar-refractivity contribution >= 4 is 23.1 Å². The lowest BCUT2D eigenvalue weighted by Crippen LogP contribution is -2.45. The Labute approximate surface area is 103 Å². The molecular formula is C11H22N2O2S. The lowest BCUT2D eigenvalue weighted by Gasteiger charge is -2.21. The van der Waals surface area contributed by atoms with Crippen LogP contribution in [0.2, 0.25) is 0 Å². The third-order valence-corrected chi connectivity index (χ3v) is 2.87. The van der Waals surface area contributed by atoms with Crippen LogP contribution < -0.4 is 11.1 Å². The molecule has 3 N–H and O–H groups in total. The summed E-state index contributed by atoms with van der Waals surface area (Å²) in [6.07, 6.45) is 2.16. The molecule has 4 nitrogen and oxygen atoms in total. The largest absolute Gasteiger partial charge is 0.392 e. The molecule has 0 unspecified atom stereocenters. The van der Waals surface area contributed by atoms with E-state index >= 15 is 0 Å². The molecule has 0 fully saturated rings. The Bertz CT molecular complexity index is 242. The maximum Gasteiger partial charge on any atom is 0.232 e. The maximum atomic E-state index is 11.7. The van der Waals surface area contributed by atoms with Gasteiger partial charge in [0.15, 0.2) is 0 Å². The van der Waals surface area contributed by atoms with Gasteiger partial charge in [-0.05, 0) is 20.3 Å². The van der Waals surface area contributed by atoms with E-state index in [1.807, 2.05) is 0 Å². The van der Waals surface area contributed by atoms with Crippen LogP contribution >= 0.6 is 12.2 Å². The molecule has 0 heterocycles. The summed E-state index contributed by atoms with van der Waals surface area (Å²) in [5.74, 6) is -0.154. The number of hydrogen-bond donors (Lipinski definition) is 2. The molecule has 0 spiro atoms. The lowest BCUT2D eigenvalue weighted by atomic mass is 9.92. The molecule has 0 rings (SSSR count). The van der Waals surface area contributed by atoms with Gasteiger partial charge in [0.25, 0.3) is 0 Å². The van der Waals surface area contributed by atoms with E-state index in [1.165, 1.54) is 0 Å². The molecule has 16 heavy (non-hydrogen) atoms. The fourth-order valence-electron chi connectivity index (χ4n) is 0.918. The number of nitrogens with two attached hydrogens (primary N) is 1. The Morgan fingerprint density at radius 3 is 2.56 bits per heavy atom. The molecule has 0 aromatic carbocycles. The number of rotatable bonds is 8. The molecule has 1 amide bonds. The molecule has 0 atom stereocenters. The van der Waals surface area contributed by atoms with Crippen LogP contribution in [0, 0.1) is 5.41 Å². The molecule has 5 heteroatoms. The highest BCUT2D eigenvalue weighted by molar-refractivity contribution is 7.80. The quantitative estimate of drug-likeness (QED) is 0.499. The minimum absolute atomic E-state index is 0.154. The van der Waals surface area contributed by atoms with Crippen LogP contribution in [0.3, 0.4) is 0 Å². The first kappa shape index (κ1) is 15.3. The summed E-state index contributed by atoms with van der Waals surface area (Å²) in [4.78, 5) is 11.9. The van der Waals surface area contributed by atoms with E-state index in [1.54, 1.807) is 13.8 Å². The van der Waals surface area contributed by atoms with E-state index < -0.39 is 5.41 Å². The van der Waals surface area contributed by atoms with Crippen molar-refractivity contribution in [2.75, 3.05) is 19.8 Å². The van der Waals surface area contributed by atoms with Crippen molar-refractivity contribution in [3.63, 3.8) is 0 Å². The normalized spacial score (nSPS) is 11.2. The number of hydrogen-bond acceptors (Lipinski definition) is 3. The van der Waals surface area contributed by atoms with E-state index in [0.29, 0.717) is 13.2 Å². The standard InChI is InChI=1S/C11H22N2O2S/c1-4-5-7-15-8-6-13-10(14)11(2,3)9(12)16/h4-8H2,1-3H3,(H2,12,16)(H,13,14). The van der Waals surface area contributed by atoms with E-state index in [2.05, 4.69) is 12.2 Å². The van der Waals surface area contributed by atoms with Crippen LogP contribution in [0.4, 0.5) is 0 Å². The van der Waals surface area contributed by atoms with E-state index in [4.69, 9.17) is 22.7 Å². The summed E-state index contributed by atoms with van der Waals surface area (Å²) >= 11 is 4.83. The maximum absolute atomic E-state index is 11.7. The summed E-state index contributed by atoms with van der Waals surface area (Å²) in [5.41, 5.74) is 4.69. The summed E-state index contributed by atoms with van der Waals surface area (Å²) in [6.45, 7) is 7.29. The highest BCUT2D eigenvalue weighted by Crippen LogP contribution is 2.14. The molecule has 0 aromatic rings. The summed E-state index contributed by atoms with van der Waals surface area (Å²) in [7, 11) is 0. The summed E-state index contributed by atoms with van der Waals surface area (Å²) < 4.78 is 5.32. The number of carbonyl (C=O) groups is 1. The first-order chi connectivity index (χ1) is 7.42. The van der Waals surface area contributed by atoms with Crippen LogP contribution in [-0.2, 0) is 9.53 Å². The number of thiocarbonyl (C=S) groups is 1. The molecule has 0 bridgehead atoms. The number of unbranched alkanes of at least 4 members (excludes halogenated alkanes) is 1. The average molecular weight is 246 g/mol. The van der Waals surface area contributed by atoms with Gasteiger partial charge in [-0.1, -0.05) is 25.6 Å². The van der Waals surface area contributed by atoms with Gasteiger partial charge in [-0.15, -0.1) is 0 Å². The van der Waals surface area contributed by atoms with Crippen LogP contribution in [0.1, 0.15) is 33.6 Å². The predicted octanol–water partition coefficient (Wildman–Crippen LogP) is 1.23. The molecule has 0 saturated carbocycles. The SMILES string of the molecule is CCCCOCCNC(=O)C(C)(C)C(N)=S. The molecular weight excluding hydrogens is 224 g/mol. The van der Waals surface area contributed by atoms with Crippen molar-refractivity contribution in [1.29, 1.82) is 0 Å². The van der Waals surface area contributed by atoms with Crippen LogP contribution in [0.25, 0.3) is 0 Å². The van der Waals surface area contributed by atoms with Gasteiger partial charge >= 0.3 is 0 Å². The van der Waals surface area contributed by atoms with E-state index in [0.717, 1.165) is 19.4 Å². The second-order valence-corrected chi connectivity index (χ2v) is 4.65.